The van der Waals surface area contributed by atoms with E-state index in [2.05, 4.69) is 21.2 Å². The van der Waals surface area contributed by atoms with Crippen LogP contribution in [-0.4, -0.2) is 55.2 Å². The molecule has 1 aromatic carbocycles. The molecule has 0 aromatic heterocycles. The molecular formula is C12H15BrClN3O2S2. The standard InChI is InChI=1S/C12H15BrClN3O2S2/c1-21(18,19)17-6-4-16(5-7-17)12(20)15-11-3-2-9(13)8-10(11)14/h2-3,8H,4-7H2,1H3,(H,15,20). The topological polar surface area (TPSA) is 52.7 Å². The molecule has 1 aliphatic heterocycles. The highest BCUT2D eigenvalue weighted by atomic mass is 79.9. The minimum absolute atomic E-state index is 0.439. The summed E-state index contributed by atoms with van der Waals surface area (Å²) in [6.07, 6.45) is 1.22. The molecule has 1 saturated heterocycles. The summed E-state index contributed by atoms with van der Waals surface area (Å²) < 4.78 is 25.3. The predicted octanol–water partition coefficient (Wildman–Crippen LogP) is 2.38. The first kappa shape index (κ1) is 17.0. The van der Waals surface area contributed by atoms with Crippen molar-refractivity contribution in [2.75, 3.05) is 37.8 Å². The van der Waals surface area contributed by atoms with E-state index in [4.69, 9.17) is 23.8 Å². The summed E-state index contributed by atoms with van der Waals surface area (Å²) in [6, 6.07) is 5.50. The molecule has 1 fully saturated rings. The molecule has 0 aliphatic carbocycles. The molecular weight excluding hydrogens is 398 g/mol. The molecule has 0 unspecified atom stereocenters. The number of nitrogens with one attached hydrogen (secondary N) is 1. The van der Waals surface area contributed by atoms with Gasteiger partial charge in [-0.05, 0) is 30.4 Å². The van der Waals surface area contributed by atoms with E-state index >= 15 is 0 Å². The number of anilines is 1. The van der Waals surface area contributed by atoms with Gasteiger partial charge in [-0.1, -0.05) is 27.5 Å². The van der Waals surface area contributed by atoms with E-state index < -0.39 is 10.0 Å². The molecule has 0 spiro atoms. The smallest absolute Gasteiger partial charge is 0.211 e. The Morgan fingerprint density at radius 3 is 2.48 bits per heavy atom. The summed E-state index contributed by atoms with van der Waals surface area (Å²) in [5.74, 6) is 0. The zero-order valence-corrected chi connectivity index (χ0v) is 15.3. The highest BCUT2D eigenvalue weighted by molar-refractivity contribution is 9.10. The van der Waals surface area contributed by atoms with E-state index in [1.807, 2.05) is 17.0 Å². The van der Waals surface area contributed by atoms with Crippen LogP contribution in [0.25, 0.3) is 0 Å². The lowest BCUT2D eigenvalue weighted by Gasteiger charge is -2.34. The quantitative estimate of drug-likeness (QED) is 0.756. The van der Waals surface area contributed by atoms with Gasteiger partial charge in [0.25, 0.3) is 0 Å². The van der Waals surface area contributed by atoms with Crippen molar-refractivity contribution in [2.45, 2.75) is 0 Å². The Kier molecular flexibility index (Phi) is 5.48. The van der Waals surface area contributed by atoms with Crippen molar-refractivity contribution in [1.82, 2.24) is 9.21 Å². The van der Waals surface area contributed by atoms with Crippen molar-refractivity contribution in [1.29, 1.82) is 0 Å². The minimum Gasteiger partial charge on any atom is -0.346 e. The molecule has 1 N–H and O–H groups in total. The van der Waals surface area contributed by atoms with E-state index in [0.29, 0.717) is 36.3 Å². The number of sulfonamides is 1. The van der Waals surface area contributed by atoms with E-state index in [1.54, 1.807) is 6.07 Å². The zero-order chi connectivity index (χ0) is 15.6. The van der Waals surface area contributed by atoms with Crippen molar-refractivity contribution in [3.05, 3.63) is 27.7 Å². The molecule has 2 rings (SSSR count). The third kappa shape index (κ3) is 4.53. The van der Waals surface area contributed by atoms with Crippen molar-refractivity contribution in [2.24, 2.45) is 0 Å². The van der Waals surface area contributed by atoms with Gasteiger partial charge in [0.1, 0.15) is 0 Å². The normalized spacial score (nSPS) is 16.8. The predicted molar refractivity (Wildman–Crippen MR) is 93.4 cm³/mol. The van der Waals surface area contributed by atoms with Gasteiger partial charge in [-0.3, -0.25) is 0 Å². The number of benzene rings is 1. The van der Waals surface area contributed by atoms with Crippen LogP contribution in [0.5, 0.6) is 0 Å². The second kappa shape index (κ2) is 6.78. The van der Waals surface area contributed by atoms with E-state index in [-0.39, 0.29) is 0 Å². The van der Waals surface area contributed by atoms with Crippen molar-refractivity contribution in [3.63, 3.8) is 0 Å². The molecule has 9 heteroatoms. The number of rotatable bonds is 2. The number of halogens is 2. The lowest BCUT2D eigenvalue weighted by Crippen LogP contribution is -2.51. The number of hydrogen-bond donors (Lipinski definition) is 1. The zero-order valence-electron chi connectivity index (χ0n) is 11.3. The van der Waals surface area contributed by atoms with Gasteiger partial charge in [0.05, 0.1) is 17.0 Å². The molecule has 0 bridgehead atoms. The Bertz CT molecular complexity index is 646. The van der Waals surface area contributed by atoms with Gasteiger partial charge < -0.3 is 10.2 Å². The van der Waals surface area contributed by atoms with E-state index in [1.165, 1.54) is 10.6 Å². The summed E-state index contributed by atoms with van der Waals surface area (Å²) in [7, 11) is -3.13. The molecule has 1 aromatic rings. The fourth-order valence-corrected chi connectivity index (χ4v) is 3.85. The van der Waals surface area contributed by atoms with Crippen LogP contribution in [0, 0.1) is 0 Å². The maximum Gasteiger partial charge on any atom is 0.211 e. The molecule has 0 amide bonds. The lowest BCUT2D eigenvalue weighted by molar-refractivity contribution is 0.270. The Balaban J connectivity index is 1.96. The fraction of sp³-hybridized carbons (Fsp3) is 0.417. The molecule has 116 valence electrons. The fourth-order valence-electron chi connectivity index (χ4n) is 2.01. The Labute approximate surface area is 143 Å². The van der Waals surface area contributed by atoms with Crippen LogP contribution in [0.4, 0.5) is 5.69 Å². The first-order chi connectivity index (χ1) is 9.77. The maximum atomic E-state index is 11.5. The Hall–Kier alpha value is -0.410. The summed E-state index contributed by atoms with van der Waals surface area (Å²) in [5.41, 5.74) is 0.732. The van der Waals surface area contributed by atoms with Gasteiger partial charge in [-0.2, -0.15) is 4.31 Å². The SMILES string of the molecule is CS(=O)(=O)N1CCN(C(=S)Nc2ccc(Br)cc2Cl)CC1. The third-order valence-corrected chi connectivity index (χ3v) is 5.64. The summed E-state index contributed by atoms with van der Waals surface area (Å²) in [4.78, 5) is 1.94. The third-order valence-electron chi connectivity index (χ3n) is 3.17. The molecule has 5 nitrogen and oxygen atoms in total. The molecule has 1 heterocycles. The van der Waals surface area contributed by atoms with Gasteiger partial charge in [0, 0.05) is 30.7 Å². The van der Waals surface area contributed by atoms with E-state index in [0.717, 1.165) is 10.2 Å². The first-order valence-electron chi connectivity index (χ1n) is 6.23. The minimum atomic E-state index is -3.13. The van der Waals surface area contributed by atoms with Gasteiger partial charge in [-0.25, -0.2) is 8.42 Å². The van der Waals surface area contributed by atoms with Crippen LogP contribution in [0.2, 0.25) is 5.02 Å². The van der Waals surface area contributed by atoms with Gasteiger partial charge in [0.15, 0.2) is 5.11 Å². The van der Waals surface area contributed by atoms with Crippen molar-refractivity contribution < 1.29 is 8.42 Å². The average molecular weight is 413 g/mol. The molecule has 0 radical (unpaired) electrons. The number of nitrogens with zero attached hydrogens (tertiary/aromatic N) is 2. The van der Waals surface area contributed by atoms with Gasteiger partial charge in [-0.15, -0.1) is 0 Å². The highest BCUT2D eigenvalue weighted by Gasteiger charge is 2.24. The summed E-state index contributed by atoms with van der Waals surface area (Å²) >= 11 is 14.8. The van der Waals surface area contributed by atoms with Crippen LogP contribution in [0.3, 0.4) is 0 Å². The number of hydrogen-bond acceptors (Lipinski definition) is 3. The van der Waals surface area contributed by atoms with Gasteiger partial charge in [0.2, 0.25) is 10.0 Å². The second-order valence-corrected chi connectivity index (χ2v) is 8.40. The van der Waals surface area contributed by atoms with Crippen LogP contribution < -0.4 is 5.32 Å². The van der Waals surface area contributed by atoms with Crippen LogP contribution in [-0.2, 0) is 10.0 Å². The van der Waals surface area contributed by atoms with E-state index in [9.17, 15) is 8.42 Å². The van der Waals surface area contributed by atoms with Crippen LogP contribution >= 0.6 is 39.7 Å². The van der Waals surface area contributed by atoms with Crippen molar-refractivity contribution >= 4 is 60.6 Å². The lowest BCUT2D eigenvalue weighted by atomic mass is 10.3. The molecule has 21 heavy (non-hydrogen) atoms. The van der Waals surface area contributed by atoms with Crippen LogP contribution in [0.1, 0.15) is 0 Å². The largest absolute Gasteiger partial charge is 0.346 e. The average Bonchev–Trinajstić information content (AvgIpc) is 2.41. The Morgan fingerprint density at radius 2 is 1.95 bits per heavy atom. The second-order valence-electron chi connectivity index (χ2n) is 4.70. The summed E-state index contributed by atoms with van der Waals surface area (Å²) in [5, 5.41) is 4.22. The molecule has 0 atom stereocenters. The number of thiocarbonyl (C=S) groups is 1. The number of piperazine rings is 1. The van der Waals surface area contributed by atoms with Crippen molar-refractivity contribution in [3.8, 4) is 0 Å². The van der Waals surface area contributed by atoms with Gasteiger partial charge >= 0.3 is 0 Å². The Morgan fingerprint density at radius 1 is 1.33 bits per heavy atom. The summed E-state index contributed by atoms with van der Waals surface area (Å²) in [6.45, 7) is 2.00. The first-order valence-corrected chi connectivity index (χ1v) is 9.66. The van der Waals surface area contributed by atoms with Crippen LogP contribution in [0.15, 0.2) is 22.7 Å². The molecule has 0 saturated carbocycles. The monoisotopic (exact) mass is 411 g/mol. The molecule has 1 aliphatic rings. The maximum absolute atomic E-state index is 11.5. The highest BCUT2D eigenvalue weighted by Crippen LogP contribution is 2.26.